The number of hydrogen-bond acceptors (Lipinski definition) is 3. The Morgan fingerprint density at radius 3 is 0.882 bits per heavy atom. The second kappa shape index (κ2) is 9.39. The summed E-state index contributed by atoms with van der Waals surface area (Å²) in [5.41, 5.74) is 0.851. The summed E-state index contributed by atoms with van der Waals surface area (Å²) in [6.07, 6.45) is 0. The SMILES string of the molecule is O=P(c1ccccc1)(c1ccccc1)c1cccc(P(=O)(c2ccccc2)c2ccccc2)n1. The van der Waals surface area contributed by atoms with Gasteiger partial charge in [-0.3, -0.25) is 0 Å². The first-order valence-corrected chi connectivity index (χ1v) is 14.5. The first kappa shape index (κ1) is 22.3. The molecule has 0 aliphatic heterocycles. The van der Waals surface area contributed by atoms with E-state index in [4.69, 9.17) is 4.98 Å². The second-order valence-corrected chi connectivity index (χ2v) is 13.3. The van der Waals surface area contributed by atoms with Crippen LogP contribution >= 0.6 is 14.3 Å². The summed E-state index contributed by atoms with van der Waals surface area (Å²) in [6.45, 7) is 0. The molecule has 166 valence electrons. The summed E-state index contributed by atoms with van der Waals surface area (Å²) < 4.78 is 29.6. The van der Waals surface area contributed by atoms with Crippen molar-refractivity contribution in [3.63, 3.8) is 0 Å². The molecule has 1 heterocycles. The van der Waals surface area contributed by atoms with Crippen LogP contribution in [0.25, 0.3) is 0 Å². The zero-order chi connectivity index (χ0) is 23.4. The molecule has 0 fully saturated rings. The number of aromatic nitrogens is 1. The minimum atomic E-state index is -3.29. The number of rotatable bonds is 6. The molecule has 0 aliphatic carbocycles. The van der Waals surface area contributed by atoms with Gasteiger partial charge in [-0.25, -0.2) is 4.98 Å². The van der Waals surface area contributed by atoms with E-state index in [-0.39, 0.29) is 0 Å². The highest BCUT2D eigenvalue weighted by molar-refractivity contribution is 7.86. The lowest BCUT2D eigenvalue weighted by Crippen LogP contribution is -2.33. The minimum Gasteiger partial charge on any atom is -0.307 e. The number of nitrogens with zero attached hydrogens (tertiary/aromatic N) is 1. The standard InChI is InChI=1S/C29H23NO2P2/c31-33(24-14-5-1-6-15-24,25-16-7-2-8-17-25)28-22-13-23-29(30-28)34(32,26-18-9-3-10-19-26)27-20-11-4-12-21-27/h1-23H. The highest BCUT2D eigenvalue weighted by Crippen LogP contribution is 2.44. The zero-order valence-corrected chi connectivity index (χ0v) is 20.2. The van der Waals surface area contributed by atoms with Crippen LogP contribution in [0.1, 0.15) is 0 Å². The molecule has 0 aliphatic rings. The lowest BCUT2D eigenvalue weighted by Gasteiger charge is -2.22. The van der Waals surface area contributed by atoms with Gasteiger partial charge in [-0.1, -0.05) is 127 Å². The number of pyridine rings is 1. The molecule has 5 rings (SSSR count). The maximum atomic E-state index is 14.8. The monoisotopic (exact) mass is 479 g/mol. The molecular formula is C29H23NO2P2. The van der Waals surface area contributed by atoms with Crippen LogP contribution in [0, 0.1) is 0 Å². The molecule has 5 heteroatoms. The van der Waals surface area contributed by atoms with Crippen molar-refractivity contribution in [1.29, 1.82) is 0 Å². The molecule has 0 bridgehead atoms. The Balaban J connectivity index is 1.76. The van der Waals surface area contributed by atoms with Crippen LogP contribution in [-0.4, -0.2) is 4.98 Å². The van der Waals surface area contributed by atoms with Gasteiger partial charge in [-0.2, -0.15) is 0 Å². The molecule has 0 spiro atoms. The first-order valence-electron chi connectivity index (χ1n) is 11.0. The topological polar surface area (TPSA) is 47.0 Å². The molecule has 1 aromatic heterocycles. The summed E-state index contributed by atoms with van der Waals surface area (Å²) in [5, 5.41) is 2.78. The summed E-state index contributed by atoms with van der Waals surface area (Å²) in [6, 6.07) is 43.0. The van der Waals surface area contributed by atoms with Crippen LogP contribution in [0.4, 0.5) is 0 Å². The minimum absolute atomic E-state index is 0.425. The molecule has 0 radical (unpaired) electrons. The zero-order valence-electron chi connectivity index (χ0n) is 18.4. The van der Waals surface area contributed by atoms with Gasteiger partial charge in [0.15, 0.2) is 14.3 Å². The lowest BCUT2D eigenvalue weighted by atomic mass is 10.4. The molecule has 0 saturated carbocycles. The summed E-state index contributed by atoms with van der Waals surface area (Å²) in [5.74, 6) is 0. The molecule has 34 heavy (non-hydrogen) atoms. The highest BCUT2D eigenvalue weighted by Gasteiger charge is 2.35. The van der Waals surface area contributed by atoms with Crippen LogP contribution in [0.5, 0.6) is 0 Å². The fourth-order valence-electron chi connectivity index (χ4n) is 4.14. The van der Waals surface area contributed by atoms with Crippen molar-refractivity contribution in [3.05, 3.63) is 140 Å². The Bertz CT molecular complexity index is 1290. The average molecular weight is 479 g/mol. The summed E-state index contributed by atoms with van der Waals surface area (Å²) >= 11 is 0. The molecule has 5 aromatic rings. The molecule has 0 atom stereocenters. The van der Waals surface area contributed by atoms with Gasteiger partial charge in [0.25, 0.3) is 0 Å². The highest BCUT2D eigenvalue weighted by atomic mass is 31.2. The molecule has 0 unspecified atom stereocenters. The maximum Gasteiger partial charge on any atom is 0.188 e. The predicted octanol–water partition coefficient (Wildman–Crippen LogP) is 4.36. The van der Waals surface area contributed by atoms with Crippen LogP contribution in [0.2, 0.25) is 0 Å². The van der Waals surface area contributed by atoms with Crippen molar-refractivity contribution < 1.29 is 9.13 Å². The Kier molecular flexibility index (Phi) is 6.16. The molecule has 4 aromatic carbocycles. The van der Waals surface area contributed by atoms with Gasteiger partial charge in [0.05, 0.1) is 0 Å². The fourth-order valence-corrected chi connectivity index (χ4v) is 9.33. The third-order valence-corrected chi connectivity index (χ3v) is 11.7. The molecule has 0 N–H and O–H groups in total. The van der Waals surface area contributed by atoms with Gasteiger partial charge in [-0.15, -0.1) is 0 Å². The van der Waals surface area contributed by atoms with Gasteiger partial charge in [0.2, 0.25) is 0 Å². The average Bonchev–Trinajstić information content (AvgIpc) is 2.94. The Morgan fingerprint density at radius 1 is 0.353 bits per heavy atom. The largest absolute Gasteiger partial charge is 0.307 e. The van der Waals surface area contributed by atoms with Gasteiger partial charge in [0.1, 0.15) is 10.9 Å². The van der Waals surface area contributed by atoms with Crippen LogP contribution in [0.3, 0.4) is 0 Å². The van der Waals surface area contributed by atoms with Crippen molar-refractivity contribution in [3.8, 4) is 0 Å². The molecule has 3 nitrogen and oxygen atoms in total. The van der Waals surface area contributed by atoms with Crippen molar-refractivity contribution in [1.82, 2.24) is 4.98 Å². The Hall–Kier alpha value is -3.51. The van der Waals surface area contributed by atoms with Gasteiger partial charge < -0.3 is 9.13 Å². The number of benzene rings is 4. The molecular weight excluding hydrogens is 456 g/mol. The van der Waals surface area contributed by atoms with E-state index in [0.717, 1.165) is 0 Å². The Morgan fingerprint density at radius 2 is 0.618 bits per heavy atom. The quantitative estimate of drug-likeness (QED) is 0.340. The number of hydrogen-bond donors (Lipinski definition) is 0. The summed E-state index contributed by atoms with van der Waals surface area (Å²) in [7, 11) is -6.58. The van der Waals surface area contributed by atoms with E-state index in [1.54, 1.807) is 12.1 Å². The predicted molar refractivity (Wildman–Crippen MR) is 143 cm³/mol. The lowest BCUT2D eigenvalue weighted by molar-refractivity contribution is 0.592. The normalized spacial score (nSPS) is 11.8. The third-order valence-electron chi connectivity index (χ3n) is 5.84. The van der Waals surface area contributed by atoms with E-state index in [2.05, 4.69) is 0 Å². The second-order valence-electron chi connectivity index (χ2n) is 7.91. The Labute approximate surface area is 199 Å². The van der Waals surface area contributed by atoms with E-state index in [9.17, 15) is 9.13 Å². The van der Waals surface area contributed by atoms with E-state index in [1.807, 2.05) is 127 Å². The van der Waals surface area contributed by atoms with E-state index in [1.165, 1.54) is 0 Å². The van der Waals surface area contributed by atoms with E-state index >= 15 is 0 Å². The molecule has 0 amide bonds. The van der Waals surface area contributed by atoms with Crippen LogP contribution in [0.15, 0.2) is 140 Å². The van der Waals surface area contributed by atoms with Crippen molar-refractivity contribution in [2.75, 3.05) is 0 Å². The fraction of sp³-hybridized carbons (Fsp3) is 0. The van der Waals surface area contributed by atoms with Crippen molar-refractivity contribution in [2.24, 2.45) is 0 Å². The van der Waals surface area contributed by atoms with Gasteiger partial charge >= 0.3 is 0 Å². The summed E-state index contributed by atoms with van der Waals surface area (Å²) in [4.78, 5) is 4.90. The third kappa shape index (κ3) is 3.88. The van der Waals surface area contributed by atoms with Crippen molar-refractivity contribution in [2.45, 2.75) is 0 Å². The maximum absolute atomic E-state index is 14.8. The van der Waals surface area contributed by atoms with E-state index in [0.29, 0.717) is 32.1 Å². The van der Waals surface area contributed by atoms with Crippen LogP contribution in [-0.2, 0) is 9.13 Å². The first-order chi connectivity index (χ1) is 16.6. The van der Waals surface area contributed by atoms with E-state index < -0.39 is 14.3 Å². The molecule has 0 saturated heterocycles. The van der Waals surface area contributed by atoms with Gasteiger partial charge in [-0.05, 0) is 12.1 Å². The van der Waals surface area contributed by atoms with Gasteiger partial charge in [0, 0.05) is 21.2 Å². The van der Waals surface area contributed by atoms with Crippen molar-refractivity contribution >= 4 is 46.4 Å². The smallest absolute Gasteiger partial charge is 0.188 e. The van der Waals surface area contributed by atoms with Crippen LogP contribution < -0.4 is 32.1 Å².